The molecular weight excluding hydrogens is 236 g/mol. The first-order chi connectivity index (χ1) is 8.51. The van der Waals surface area contributed by atoms with Crippen molar-refractivity contribution >= 4 is 23.5 Å². The second-order valence-corrected chi connectivity index (χ2v) is 3.99. The van der Waals surface area contributed by atoms with E-state index in [1.807, 2.05) is 0 Å². The lowest BCUT2D eigenvalue weighted by molar-refractivity contribution is 0.112. The van der Waals surface area contributed by atoms with Crippen molar-refractivity contribution in [1.29, 1.82) is 0 Å². The van der Waals surface area contributed by atoms with E-state index in [9.17, 15) is 19.5 Å². The molecule has 0 aliphatic heterocycles. The van der Waals surface area contributed by atoms with E-state index >= 15 is 0 Å². The highest BCUT2D eigenvalue weighted by atomic mass is 16.4. The smallest absolute Gasteiger partial charge is 0.336 e. The van der Waals surface area contributed by atoms with Crippen LogP contribution < -0.4 is 5.63 Å². The summed E-state index contributed by atoms with van der Waals surface area (Å²) in [7, 11) is 0. The van der Waals surface area contributed by atoms with Crippen LogP contribution in [0.25, 0.3) is 11.0 Å². The molecule has 18 heavy (non-hydrogen) atoms. The summed E-state index contributed by atoms with van der Waals surface area (Å²) >= 11 is 0. The van der Waals surface area contributed by atoms with Crippen molar-refractivity contribution in [2.24, 2.45) is 0 Å². The third-order valence-corrected chi connectivity index (χ3v) is 2.94. The summed E-state index contributed by atoms with van der Waals surface area (Å²) in [6.07, 6.45) is 0.980. The van der Waals surface area contributed by atoms with E-state index < -0.39 is 5.63 Å². The number of benzene rings is 1. The minimum Gasteiger partial charge on any atom is -0.506 e. The van der Waals surface area contributed by atoms with Crippen LogP contribution >= 0.6 is 0 Å². The molecule has 0 spiro atoms. The van der Waals surface area contributed by atoms with Crippen LogP contribution in [0.2, 0.25) is 0 Å². The van der Waals surface area contributed by atoms with Gasteiger partial charge in [-0.1, -0.05) is 0 Å². The molecule has 0 atom stereocenters. The quantitative estimate of drug-likeness (QED) is 0.644. The second-order valence-electron chi connectivity index (χ2n) is 3.99. The number of phenols is 1. The number of hydrogen-bond acceptors (Lipinski definition) is 5. The number of aldehydes is 2. The maximum atomic E-state index is 11.3. The fraction of sp³-hybridized carbons (Fsp3) is 0.154. The number of carbonyl (C=O) groups is 2. The highest BCUT2D eigenvalue weighted by Gasteiger charge is 2.19. The van der Waals surface area contributed by atoms with E-state index in [0.717, 1.165) is 0 Å². The zero-order valence-corrected chi connectivity index (χ0v) is 9.81. The van der Waals surface area contributed by atoms with Gasteiger partial charge < -0.3 is 9.52 Å². The highest BCUT2D eigenvalue weighted by molar-refractivity contribution is 6.05. The highest BCUT2D eigenvalue weighted by Crippen LogP contribution is 2.34. The topological polar surface area (TPSA) is 84.6 Å². The average Bonchev–Trinajstić information content (AvgIpc) is 2.28. The lowest BCUT2D eigenvalue weighted by atomic mass is 9.97. The van der Waals surface area contributed by atoms with Gasteiger partial charge in [-0.2, -0.15) is 0 Å². The van der Waals surface area contributed by atoms with Crippen LogP contribution in [-0.2, 0) is 0 Å². The molecule has 5 heteroatoms. The zero-order valence-electron chi connectivity index (χ0n) is 9.81. The molecule has 1 heterocycles. The van der Waals surface area contributed by atoms with Gasteiger partial charge in [0, 0.05) is 6.07 Å². The number of phenolic OH excluding ortho intramolecular Hbond substituents is 1. The van der Waals surface area contributed by atoms with Crippen LogP contribution in [0.3, 0.4) is 0 Å². The molecular formula is C13H10O5. The first-order valence-electron chi connectivity index (χ1n) is 5.21. The predicted molar refractivity (Wildman–Crippen MR) is 64.4 cm³/mol. The van der Waals surface area contributed by atoms with Crippen molar-refractivity contribution in [2.45, 2.75) is 13.8 Å². The fourth-order valence-corrected chi connectivity index (χ4v) is 2.01. The maximum Gasteiger partial charge on any atom is 0.336 e. The SMILES string of the molecule is Cc1c(C=O)c(O)c2c(C)cc(=O)oc2c1C=O. The number of carbonyl (C=O) groups excluding carboxylic acids is 2. The Morgan fingerprint density at radius 3 is 2.33 bits per heavy atom. The Morgan fingerprint density at radius 2 is 1.78 bits per heavy atom. The van der Waals surface area contributed by atoms with Gasteiger partial charge in [-0.25, -0.2) is 4.79 Å². The Balaban J connectivity index is 3.18. The third kappa shape index (κ3) is 1.52. The first kappa shape index (κ1) is 12.0. The Bertz CT molecular complexity index is 724. The Morgan fingerprint density at radius 1 is 1.17 bits per heavy atom. The summed E-state index contributed by atoms with van der Waals surface area (Å²) in [4.78, 5) is 33.4. The van der Waals surface area contributed by atoms with Crippen molar-refractivity contribution in [2.75, 3.05) is 0 Å². The van der Waals surface area contributed by atoms with Crippen molar-refractivity contribution in [3.05, 3.63) is 38.7 Å². The molecule has 92 valence electrons. The normalized spacial score (nSPS) is 10.6. The van der Waals surface area contributed by atoms with Gasteiger partial charge in [0.05, 0.1) is 16.5 Å². The van der Waals surface area contributed by atoms with Gasteiger partial charge in [0.2, 0.25) is 0 Å². The summed E-state index contributed by atoms with van der Waals surface area (Å²) in [5.74, 6) is -0.274. The number of fused-ring (bicyclic) bond motifs is 1. The standard InChI is InChI=1S/C13H10O5/c1-6-3-10(16)18-13-9(5-15)7(2)8(4-14)12(17)11(6)13/h3-5,17H,1-2H3. The molecule has 0 aliphatic rings. The van der Waals surface area contributed by atoms with Crippen molar-refractivity contribution in [1.82, 2.24) is 0 Å². The van der Waals surface area contributed by atoms with E-state index in [-0.39, 0.29) is 27.8 Å². The molecule has 0 radical (unpaired) electrons. The summed E-state index contributed by atoms with van der Waals surface area (Å²) < 4.78 is 4.96. The maximum absolute atomic E-state index is 11.3. The molecule has 0 saturated heterocycles. The van der Waals surface area contributed by atoms with Gasteiger partial charge >= 0.3 is 5.63 Å². The fourth-order valence-electron chi connectivity index (χ4n) is 2.01. The minimum atomic E-state index is -0.610. The van der Waals surface area contributed by atoms with E-state index in [2.05, 4.69) is 0 Å². The lowest BCUT2D eigenvalue weighted by Crippen LogP contribution is -2.03. The second kappa shape index (κ2) is 4.10. The molecule has 0 unspecified atom stereocenters. The minimum absolute atomic E-state index is 0.00981. The van der Waals surface area contributed by atoms with E-state index in [0.29, 0.717) is 23.7 Å². The van der Waals surface area contributed by atoms with Crippen LogP contribution in [0.1, 0.15) is 31.8 Å². The number of aryl methyl sites for hydroxylation is 1. The van der Waals surface area contributed by atoms with E-state index in [4.69, 9.17) is 4.42 Å². The van der Waals surface area contributed by atoms with E-state index in [1.165, 1.54) is 13.0 Å². The van der Waals surface area contributed by atoms with Gasteiger partial charge in [0.15, 0.2) is 18.2 Å². The van der Waals surface area contributed by atoms with Crippen molar-refractivity contribution < 1.29 is 19.1 Å². The molecule has 1 aromatic carbocycles. The molecule has 2 aromatic rings. The molecule has 1 aromatic heterocycles. The van der Waals surface area contributed by atoms with Crippen LogP contribution in [0.4, 0.5) is 0 Å². The van der Waals surface area contributed by atoms with Gasteiger partial charge in [-0.3, -0.25) is 9.59 Å². The van der Waals surface area contributed by atoms with Gasteiger partial charge in [0.25, 0.3) is 0 Å². The monoisotopic (exact) mass is 246 g/mol. The molecule has 2 rings (SSSR count). The summed E-state index contributed by atoms with van der Waals surface area (Å²) in [5.41, 5.74) is 0.271. The number of rotatable bonds is 2. The number of hydrogen-bond donors (Lipinski definition) is 1. The van der Waals surface area contributed by atoms with Crippen LogP contribution in [0, 0.1) is 13.8 Å². The molecule has 1 N–H and O–H groups in total. The van der Waals surface area contributed by atoms with Crippen LogP contribution in [0.5, 0.6) is 5.75 Å². The lowest BCUT2D eigenvalue weighted by Gasteiger charge is -2.10. The average molecular weight is 246 g/mol. The molecule has 0 amide bonds. The van der Waals surface area contributed by atoms with Crippen LogP contribution in [0.15, 0.2) is 15.3 Å². The Labute approximate surface area is 102 Å². The zero-order chi connectivity index (χ0) is 13.4. The Hall–Kier alpha value is -2.43. The molecule has 0 saturated carbocycles. The van der Waals surface area contributed by atoms with Crippen molar-refractivity contribution in [3.8, 4) is 5.75 Å². The summed E-state index contributed by atoms with van der Waals surface area (Å²) in [6, 6.07) is 1.19. The van der Waals surface area contributed by atoms with Gasteiger partial charge in [-0.15, -0.1) is 0 Å². The number of aromatic hydroxyl groups is 1. The largest absolute Gasteiger partial charge is 0.506 e. The summed E-state index contributed by atoms with van der Waals surface area (Å²) in [5, 5.41) is 10.2. The van der Waals surface area contributed by atoms with Crippen molar-refractivity contribution in [3.63, 3.8) is 0 Å². The first-order valence-corrected chi connectivity index (χ1v) is 5.21. The predicted octanol–water partition coefficient (Wildman–Crippen LogP) is 1.74. The molecule has 0 aliphatic carbocycles. The Kier molecular flexibility index (Phi) is 2.74. The molecule has 0 fully saturated rings. The van der Waals surface area contributed by atoms with Gasteiger partial charge in [-0.05, 0) is 25.0 Å². The van der Waals surface area contributed by atoms with Gasteiger partial charge in [0.1, 0.15) is 5.75 Å². The molecule has 5 nitrogen and oxygen atoms in total. The van der Waals surface area contributed by atoms with E-state index in [1.54, 1.807) is 6.92 Å². The molecule has 0 bridgehead atoms. The van der Waals surface area contributed by atoms with Crippen LogP contribution in [-0.4, -0.2) is 17.7 Å². The summed E-state index contributed by atoms with van der Waals surface area (Å²) in [6.45, 7) is 3.10. The third-order valence-electron chi connectivity index (χ3n) is 2.94.